The molecular weight excluding hydrogens is 220 g/mol. The lowest BCUT2D eigenvalue weighted by Gasteiger charge is -2.19. The summed E-state index contributed by atoms with van der Waals surface area (Å²) < 4.78 is 16.1. The van der Waals surface area contributed by atoms with Gasteiger partial charge in [0.15, 0.2) is 5.78 Å². The zero-order chi connectivity index (χ0) is 12.7. The highest BCUT2D eigenvalue weighted by Crippen LogP contribution is 2.20. The average molecular weight is 238 g/mol. The summed E-state index contributed by atoms with van der Waals surface area (Å²) in [4.78, 5) is 11.4. The fraction of sp³-hybridized carbons (Fsp3) is 0.462. The van der Waals surface area contributed by atoms with E-state index >= 15 is 0 Å². The Morgan fingerprint density at radius 3 is 2.29 bits per heavy atom. The van der Waals surface area contributed by atoms with E-state index in [9.17, 15) is 4.79 Å². The Hall–Kier alpha value is -1.39. The van der Waals surface area contributed by atoms with Crippen molar-refractivity contribution >= 4 is 5.78 Å². The van der Waals surface area contributed by atoms with E-state index in [-0.39, 0.29) is 5.78 Å². The van der Waals surface area contributed by atoms with Gasteiger partial charge in [-0.05, 0) is 32.9 Å². The molecular formula is C13H18O4. The van der Waals surface area contributed by atoms with Crippen molar-refractivity contribution < 1.29 is 19.0 Å². The second-order valence-electron chi connectivity index (χ2n) is 3.37. The van der Waals surface area contributed by atoms with Crippen LogP contribution >= 0.6 is 0 Å². The van der Waals surface area contributed by atoms with Crippen molar-refractivity contribution in [3.05, 3.63) is 29.8 Å². The van der Waals surface area contributed by atoms with Crippen molar-refractivity contribution in [1.82, 2.24) is 0 Å². The fourth-order valence-electron chi connectivity index (χ4n) is 1.35. The molecule has 94 valence electrons. The number of rotatable bonds is 7. The molecule has 0 N–H and O–H groups in total. The van der Waals surface area contributed by atoms with E-state index in [0.29, 0.717) is 24.5 Å². The lowest BCUT2D eigenvalue weighted by atomic mass is 10.1. The molecule has 17 heavy (non-hydrogen) atoms. The number of benzene rings is 1. The third kappa shape index (κ3) is 4.17. The minimum Gasteiger partial charge on any atom is -0.440 e. The first-order valence-electron chi connectivity index (χ1n) is 5.68. The summed E-state index contributed by atoms with van der Waals surface area (Å²) >= 11 is 0. The molecule has 0 spiro atoms. The Morgan fingerprint density at radius 1 is 1.18 bits per heavy atom. The Balaban J connectivity index is 2.80. The minimum absolute atomic E-state index is 0.0488. The summed E-state index contributed by atoms with van der Waals surface area (Å²) in [5, 5.41) is 0. The molecule has 0 saturated carbocycles. The van der Waals surface area contributed by atoms with Crippen LogP contribution in [0.5, 0.6) is 5.75 Å². The van der Waals surface area contributed by atoms with Crippen LogP contribution in [0.4, 0.5) is 0 Å². The molecule has 0 aliphatic carbocycles. The van der Waals surface area contributed by atoms with Crippen molar-refractivity contribution in [3.63, 3.8) is 0 Å². The van der Waals surface area contributed by atoms with E-state index < -0.39 is 6.48 Å². The van der Waals surface area contributed by atoms with Crippen molar-refractivity contribution in [2.45, 2.75) is 27.2 Å². The summed E-state index contributed by atoms with van der Waals surface area (Å²) in [6.45, 7) is 5.39. The van der Waals surface area contributed by atoms with Crippen LogP contribution in [0.3, 0.4) is 0 Å². The second-order valence-corrected chi connectivity index (χ2v) is 3.37. The molecule has 1 aromatic carbocycles. The van der Waals surface area contributed by atoms with Crippen LogP contribution in [0.1, 0.15) is 31.1 Å². The lowest BCUT2D eigenvalue weighted by Crippen LogP contribution is -2.25. The topological polar surface area (TPSA) is 44.8 Å². The molecule has 1 aromatic rings. The Bertz CT molecular complexity index is 356. The largest absolute Gasteiger partial charge is 0.440 e. The van der Waals surface area contributed by atoms with E-state index in [1.165, 1.54) is 6.92 Å². The van der Waals surface area contributed by atoms with Crippen LogP contribution in [0.2, 0.25) is 0 Å². The van der Waals surface area contributed by atoms with Gasteiger partial charge in [-0.1, -0.05) is 12.1 Å². The number of hydrogen-bond acceptors (Lipinski definition) is 4. The molecule has 0 radical (unpaired) electrons. The molecule has 0 saturated heterocycles. The molecule has 0 bridgehead atoms. The molecule has 0 aliphatic rings. The fourth-order valence-corrected chi connectivity index (χ4v) is 1.35. The van der Waals surface area contributed by atoms with E-state index in [0.717, 1.165) is 0 Å². The number of carbonyl (C=O) groups is 1. The number of para-hydroxylation sites is 1. The summed E-state index contributed by atoms with van der Waals surface area (Å²) in [6.07, 6.45) is 0. The smallest absolute Gasteiger partial charge is 0.315 e. The zero-order valence-corrected chi connectivity index (χ0v) is 10.4. The first-order chi connectivity index (χ1) is 8.19. The molecule has 1 rings (SSSR count). The Kier molecular flexibility index (Phi) is 5.66. The first kappa shape index (κ1) is 13.7. The number of ketones is 1. The molecule has 0 heterocycles. The van der Waals surface area contributed by atoms with E-state index in [4.69, 9.17) is 14.2 Å². The van der Waals surface area contributed by atoms with Gasteiger partial charge in [0, 0.05) is 0 Å². The number of hydrogen-bond donors (Lipinski definition) is 0. The minimum atomic E-state index is -0.773. The summed E-state index contributed by atoms with van der Waals surface area (Å²) in [5.41, 5.74) is 0.525. The monoisotopic (exact) mass is 238 g/mol. The van der Waals surface area contributed by atoms with Crippen LogP contribution in [-0.4, -0.2) is 25.5 Å². The SMILES string of the molecule is CCOC(OCC)Oc1ccccc1C(C)=O. The Labute approximate surface area is 101 Å². The summed E-state index contributed by atoms with van der Waals surface area (Å²) in [7, 11) is 0. The molecule has 0 unspecified atom stereocenters. The van der Waals surface area contributed by atoms with Gasteiger partial charge in [0.1, 0.15) is 5.75 Å². The number of carbonyl (C=O) groups excluding carboxylic acids is 1. The summed E-state index contributed by atoms with van der Waals surface area (Å²) in [5.74, 6) is 0.430. The van der Waals surface area contributed by atoms with Gasteiger partial charge in [-0.15, -0.1) is 0 Å². The van der Waals surface area contributed by atoms with E-state index in [1.807, 2.05) is 13.8 Å². The van der Waals surface area contributed by atoms with Gasteiger partial charge < -0.3 is 14.2 Å². The third-order valence-electron chi connectivity index (χ3n) is 2.10. The van der Waals surface area contributed by atoms with Gasteiger partial charge in [0.2, 0.25) is 0 Å². The molecule has 0 atom stereocenters. The Morgan fingerprint density at radius 2 is 1.76 bits per heavy atom. The maximum Gasteiger partial charge on any atom is 0.315 e. The van der Waals surface area contributed by atoms with Gasteiger partial charge in [0.25, 0.3) is 0 Å². The van der Waals surface area contributed by atoms with Crippen LogP contribution < -0.4 is 4.74 Å². The van der Waals surface area contributed by atoms with Crippen molar-refractivity contribution in [2.24, 2.45) is 0 Å². The molecule has 0 fully saturated rings. The predicted octanol–water partition coefficient (Wildman–Crippen LogP) is 2.62. The van der Waals surface area contributed by atoms with Crippen LogP contribution in [0.25, 0.3) is 0 Å². The molecule has 0 aromatic heterocycles. The predicted molar refractivity (Wildman–Crippen MR) is 64.1 cm³/mol. The van der Waals surface area contributed by atoms with E-state index in [2.05, 4.69) is 0 Å². The quantitative estimate of drug-likeness (QED) is 0.541. The number of ether oxygens (including phenoxy) is 3. The lowest BCUT2D eigenvalue weighted by molar-refractivity contribution is -0.242. The third-order valence-corrected chi connectivity index (χ3v) is 2.10. The normalized spacial score (nSPS) is 10.6. The van der Waals surface area contributed by atoms with Gasteiger partial charge >= 0.3 is 6.48 Å². The molecule has 0 aliphatic heterocycles. The van der Waals surface area contributed by atoms with E-state index in [1.54, 1.807) is 24.3 Å². The second kappa shape index (κ2) is 7.04. The molecule has 4 nitrogen and oxygen atoms in total. The number of Topliss-reactive ketones (excluding diaryl/α,β-unsaturated/α-hetero) is 1. The van der Waals surface area contributed by atoms with Crippen molar-refractivity contribution in [1.29, 1.82) is 0 Å². The van der Waals surface area contributed by atoms with Crippen LogP contribution in [0.15, 0.2) is 24.3 Å². The standard InChI is InChI=1S/C13H18O4/c1-4-15-13(16-5-2)17-12-9-7-6-8-11(12)10(3)14/h6-9,13H,4-5H2,1-3H3. The molecule has 0 amide bonds. The van der Waals surface area contributed by atoms with Gasteiger partial charge in [-0.25, -0.2) is 0 Å². The average Bonchev–Trinajstić information content (AvgIpc) is 2.30. The highest BCUT2D eigenvalue weighted by molar-refractivity contribution is 5.96. The van der Waals surface area contributed by atoms with Crippen LogP contribution in [0, 0.1) is 0 Å². The van der Waals surface area contributed by atoms with Gasteiger partial charge in [0.05, 0.1) is 18.8 Å². The van der Waals surface area contributed by atoms with Crippen LogP contribution in [-0.2, 0) is 9.47 Å². The van der Waals surface area contributed by atoms with Crippen molar-refractivity contribution in [3.8, 4) is 5.75 Å². The molecule has 4 heteroatoms. The van der Waals surface area contributed by atoms with Crippen molar-refractivity contribution in [2.75, 3.05) is 13.2 Å². The highest BCUT2D eigenvalue weighted by atomic mass is 16.8. The zero-order valence-electron chi connectivity index (χ0n) is 10.4. The summed E-state index contributed by atoms with van der Waals surface area (Å²) in [6, 6.07) is 7.03. The maximum absolute atomic E-state index is 11.4. The maximum atomic E-state index is 11.4. The van der Waals surface area contributed by atoms with Gasteiger partial charge in [-0.3, -0.25) is 4.79 Å². The van der Waals surface area contributed by atoms with Gasteiger partial charge in [-0.2, -0.15) is 0 Å². The highest BCUT2D eigenvalue weighted by Gasteiger charge is 2.14. The first-order valence-corrected chi connectivity index (χ1v) is 5.68.